The molecule has 0 N–H and O–H groups in total. The zero-order valence-electron chi connectivity index (χ0n) is 27.9. The Bertz CT molecular complexity index is 1840. The van der Waals surface area contributed by atoms with E-state index in [4.69, 9.17) is 14.9 Å². The second-order valence-electron chi connectivity index (χ2n) is 12.3. The van der Waals surface area contributed by atoms with Crippen LogP contribution in [-0.2, 0) is 42.9 Å². The minimum atomic E-state index is -1.21. The summed E-state index contributed by atoms with van der Waals surface area (Å²) in [6.07, 6.45) is 6.48. The monoisotopic (exact) mass is 675 g/mol. The van der Waals surface area contributed by atoms with Crippen LogP contribution >= 0.6 is 9.24 Å². The van der Waals surface area contributed by atoms with Gasteiger partial charge in [-0.05, 0) is 28.2 Å². The van der Waals surface area contributed by atoms with Crippen LogP contribution in [0.2, 0.25) is 0 Å². The Morgan fingerprint density at radius 2 is 1.55 bits per heavy atom. The molecule has 0 amide bonds. The molecule has 3 aromatic carbocycles. The van der Waals surface area contributed by atoms with Gasteiger partial charge in [0.05, 0.1) is 51.5 Å². The van der Waals surface area contributed by atoms with Crippen molar-refractivity contribution in [1.82, 2.24) is 40.0 Å². The minimum absolute atomic E-state index is 0.0274. The van der Waals surface area contributed by atoms with E-state index in [9.17, 15) is 0 Å². The SMILES string of the molecule is C=NN(C=C(C(C)C)C(OCc1cn(CP)nn1)(c1cn(Cc2ccccc2)nn1)C1CN(Cc2ccccc2)N=N1)Cc1ccccc1. The zero-order chi connectivity index (χ0) is 34.1. The Labute approximate surface area is 289 Å². The summed E-state index contributed by atoms with van der Waals surface area (Å²) in [4.78, 5) is 0. The molecule has 252 valence electrons. The summed E-state index contributed by atoms with van der Waals surface area (Å²) in [6.45, 7) is 10.5. The summed E-state index contributed by atoms with van der Waals surface area (Å²) < 4.78 is 10.7. The van der Waals surface area contributed by atoms with Gasteiger partial charge in [-0.25, -0.2) is 9.36 Å². The average molecular weight is 676 g/mol. The van der Waals surface area contributed by atoms with E-state index in [-0.39, 0.29) is 12.5 Å². The molecule has 6 rings (SSSR count). The number of rotatable bonds is 16. The second kappa shape index (κ2) is 15.9. The molecule has 3 atom stereocenters. The van der Waals surface area contributed by atoms with Gasteiger partial charge in [-0.1, -0.05) is 120 Å². The first-order chi connectivity index (χ1) is 24.0. The second-order valence-corrected chi connectivity index (χ2v) is 12.6. The van der Waals surface area contributed by atoms with E-state index in [1.165, 1.54) is 0 Å². The number of benzene rings is 3. The maximum atomic E-state index is 7.15. The van der Waals surface area contributed by atoms with Crippen molar-refractivity contribution in [2.45, 2.75) is 58.0 Å². The zero-order valence-corrected chi connectivity index (χ0v) is 29.1. The molecule has 13 heteroatoms. The largest absolute Gasteiger partial charge is 0.355 e. The molecule has 0 bridgehead atoms. The molecule has 1 aliphatic heterocycles. The summed E-state index contributed by atoms with van der Waals surface area (Å²) in [5, 5.41) is 35.9. The van der Waals surface area contributed by atoms with Crippen molar-refractivity contribution >= 4 is 16.0 Å². The Morgan fingerprint density at radius 3 is 2.16 bits per heavy atom. The van der Waals surface area contributed by atoms with E-state index in [2.05, 4.69) is 92.1 Å². The fourth-order valence-electron chi connectivity index (χ4n) is 6.01. The molecule has 0 fully saturated rings. The van der Waals surface area contributed by atoms with Gasteiger partial charge in [0, 0.05) is 12.9 Å². The van der Waals surface area contributed by atoms with Gasteiger partial charge in [0.25, 0.3) is 0 Å². The van der Waals surface area contributed by atoms with Gasteiger partial charge in [0.15, 0.2) is 5.60 Å². The van der Waals surface area contributed by atoms with E-state index in [0.717, 1.165) is 22.3 Å². The summed E-state index contributed by atoms with van der Waals surface area (Å²) in [6, 6.07) is 30.1. The normalized spacial score (nSPS) is 15.9. The Balaban J connectivity index is 1.45. The Hall–Kier alpha value is -5.06. The van der Waals surface area contributed by atoms with Crippen molar-refractivity contribution in [3.63, 3.8) is 0 Å². The van der Waals surface area contributed by atoms with E-state index < -0.39 is 11.6 Å². The predicted molar refractivity (Wildman–Crippen MR) is 192 cm³/mol. The Morgan fingerprint density at radius 1 is 0.918 bits per heavy atom. The van der Waals surface area contributed by atoms with Crippen LogP contribution in [0.1, 0.15) is 41.9 Å². The van der Waals surface area contributed by atoms with E-state index in [1.807, 2.05) is 87.9 Å². The molecule has 5 aromatic rings. The van der Waals surface area contributed by atoms with Crippen LogP contribution in [-0.4, -0.2) is 59.3 Å². The van der Waals surface area contributed by atoms with Crippen LogP contribution in [0.25, 0.3) is 0 Å². The van der Waals surface area contributed by atoms with Crippen molar-refractivity contribution in [2.24, 2.45) is 21.4 Å². The highest BCUT2D eigenvalue weighted by Crippen LogP contribution is 2.44. The lowest BCUT2D eigenvalue weighted by Crippen LogP contribution is -2.47. The van der Waals surface area contributed by atoms with Crippen LogP contribution < -0.4 is 0 Å². The number of hydrazone groups is 1. The summed E-state index contributed by atoms with van der Waals surface area (Å²) in [7, 11) is 2.66. The number of hydrogen-bond donors (Lipinski definition) is 0. The van der Waals surface area contributed by atoms with Crippen LogP contribution in [0.15, 0.2) is 131 Å². The van der Waals surface area contributed by atoms with Crippen LogP contribution in [0.4, 0.5) is 0 Å². The molecule has 12 nitrogen and oxygen atoms in total. The van der Waals surface area contributed by atoms with Gasteiger partial charge in [0.1, 0.15) is 17.4 Å². The van der Waals surface area contributed by atoms with Gasteiger partial charge >= 0.3 is 0 Å². The van der Waals surface area contributed by atoms with Crippen LogP contribution in [0.3, 0.4) is 0 Å². The van der Waals surface area contributed by atoms with Crippen molar-refractivity contribution < 1.29 is 4.74 Å². The fourth-order valence-corrected chi connectivity index (χ4v) is 6.19. The maximum Gasteiger partial charge on any atom is 0.163 e. The number of nitrogens with zero attached hydrogens (tertiary/aromatic N) is 11. The molecule has 0 aliphatic carbocycles. The quantitative estimate of drug-likeness (QED) is 0.0709. The van der Waals surface area contributed by atoms with Gasteiger partial charge in [-0.15, -0.1) is 19.4 Å². The average Bonchev–Trinajstić information content (AvgIpc) is 3.91. The number of aromatic nitrogens is 6. The maximum absolute atomic E-state index is 7.15. The Kier molecular flexibility index (Phi) is 11.0. The summed E-state index contributed by atoms with van der Waals surface area (Å²) >= 11 is 0. The van der Waals surface area contributed by atoms with Crippen molar-refractivity contribution in [3.8, 4) is 0 Å². The van der Waals surface area contributed by atoms with Crippen LogP contribution in [0.5, 0.6) is 0 Å². The van der Waals surface area contributed by atoms with E-state index >= 15 is 0 Å². The smallest absolute Gasteiger partial charge is 0.163 e. The predicted octanol–water partition coefficient (Wildman–Crippen LogP) is 6.07. The molecule has 3 unspecified atom stereocenters. The van der Waals surface area contributed by atoms with Gasteiger partial charge in [-0.3, -0.25) is 10.0 Å². The molecule has 1 aliphatic rings. The van der Waals surface area contributed by atoms with Gasteiger partial charge in [-0.2, -0.15) is 10.2 Å². The molecule has 0 saturated heterocycles. The highest BCUT2D eigenvalue weighted by atomic mass is 31.0. The molecule has 0 saturated carbocycles. The first-order valence-corrected chi connectivity index (χ1v) is 17.1. The molecular formula is C36H42N11OP. The molecule has 0 spiro atoms. The van der Waals surface area contributed by atoms with Crippen molar-refractivity contribution in [1.29, 1.82) is 0 Å². The lowest BCUT2D eigenvalue weighted by atomic mass is 9.78. The third-order valence-corrected chi connectivity index (χ3v) is 8.79. The lowest BCUT2D eigenvalue weighted by molar-refractivity contribution is -0.0622. The highest BCUT2D eigenvalue weighted by molar-refractivity contribution is 7.15. The minimum Gasteiger partial charge on any atom is -0.355 e. The molecule has 2 aromatic heterocycles. The summed E-state index contributed by atoms with van der Waals surface area (Å²) in [5.74, 6) is -0.0274. The third kappa shape index (κ3) is 8.16. The molecule has 0 radical (unpaired) electrons. The number of hydrogen-bond acceptors (Lipinski definition) is 10. The van der Waals surface area contributed by atoms with Gasteiger partial charge in [0.2, 0.25) is 0 Å². The summed E-state index contributed by atoms with van der Waals surface area (Å²) in [5.41, 5.74) is 4.36. The number of ether oxygens (including phenoxy) is 1. The van der Waals surface area contributed by atoms with Gasteiger partial charge < -0.3 is 4.74 Å². The molecule has 3 heterocycles. The van der Waals surface area contributed by atoms with E-state index in [1.54, 1.807) is 4.68 Å². The van der Waals surface area contributed by atoms with Crippen LogP contribution in [0, 0.1) is 5.92 Å². The third-order valence-electron chi connectivity index (χ3n) is 8.41. The van der Waals surface area contributed by atoms with Crippen molar-refractivity contribution in [2.75, 3.05) is 6.54 Å². The standard InChI is InChI=1S/C36H42N11OP/c1-28(2)33(23-44(37-3)19-29-13-7-4-8-14-29)36(48-26-32-22-47(27-49)41-38-32,34-24-45(42-39-34)20-30-15-9-5-10-16-30)35-25-46(43-40-35)21-31-17-11-6-12-18-31/h4-18,22-24,28,35H,3,19-21,25-27,49H2,1-2H3. The molecular weight excluding hydrogens is 633 g/mol. The topological polar surface area (TPSA) is 114 Å². The molecule has 49 heavy (non-hydrogen) atoms. The highest BCUT2D eigenvalue weighted by Gasteiger charge is 2.51. The fraction of sp³-hybridized carbons (Fsp3) is 0.306. The first kappa shape index (κ1) is 33.8. The lowest BCUT2D eigenvalue weighted by Gasteiger charge is -2.39. The first-order valence-electron chi connectivity index (χ1n) is 16.3. The van der Waals surface area contributed by atoms with E-state index in [0.29, 0.717) is 43.9 Å². The van der Waals surface area contributed by atoms with Crippen molar-refractivity contribution in [3.05, 3.63) is 143 Å².